The maximum Gasteiger partial charge on any atom is 0.272 e. The van der Waals surface area contributed by atoms with Gasteiger partial charge >= 0.3 is 0 Å². The maximum absolute atomic E-state index is 12.8. The van der Waals surface area contributed by atoms with Crippen molar-refractivity contribution in [2.45, 2.75) is 51.6 Å². The summed E-state index contributed by atoms with van der Waals surface area (Å²) in [4.78, 5) is 22.2. The van der Waals surface area contributed by atoms with E-state index >= 15 is 0 Å². The molecule has 2 fully saturated rings. The number of aromatic nitrogens is 3. The van der Waals surface area contributed by atoms with Gasteiger partial charge in [0.2, 0.25) is 0 Å². The van der Waals surface area contributed by atoms with Crippen LogP contribution in [0.25, 0.3) is 5.65 Å². The second-order valence-corrected chi connectivity index (χ2v) is 8.18. The third-order valence-corrected chi connectivity index (χ3v) is 5.96. The molecule has 4 heterocycles. The fraction of sp³-hybridized carbons (Fsp3) is 0.650. The normalized spacial score (nSPS) is 23.0. The van der Waals surface area contributed by atoms with Crippen molar-refractivity contribution < 1.29 is 4.79 Å². The number of aryl methyl sites for hydroxylation is 2. The molecule has 2 aliphatic rings. The van der Waals surface area contributed by atoms with Gasteiger partial charge in [-0.05, 0) is 72.3 Å². The highest BCUT2D eigenvalue weighted by atomic mass is 16.2. The van der Waals surface area contributed by atoms with Crippen LogP contribution < -0.4 is 5.32 Å². The number of piperidine rings is 2. The summed E-state index contributed by atoms with van der Waals surface area (Å²) in [7, 11) is 2.20. The van der Waals surface area contributed by atoms with Crippen LogP contribution in [0.3, 0.4) is 0 Å². The molecule has 1 N–H and O–H groups in total. The molecule has 0 aliphatic carbocycles. The van der Waals surface area contributed by atoms with Gasteiger partial charge in [0.1, 0.15) is 0 Å². The van der Waals surface area contributed by atoms with Crippen molar-refractivity contribution in [3.63, 3.8) is 0 Å². The van der Waals surface area contributed by atoms with Gasteiger partial charge in [-0.1, -0.05) is 0 Å². The Bertz CT molecular complexity index is 823. The standard InChI is InChI=1S/C20H30N6O/c1-14-11-15(2)26-19(21-14)12-18(23-26)20(27)22-16-5-4-8-25(13-16)17-6-9-24(3)10-7-17/h11-12,16-17H,4-10,13H2,1-3H3,(H,22,27). The molecule has 0 bridgehead atoms. The van der Waals surface area contributed by atoms with E-state index in [-0.39, 0.29) is 11.9 Å². The van der Waals surface area contributed by atoms with Gasteiger partial charge in [0.25, 0.3) is 5.91 Å². The molecule has 1 atom stereocenters. The van der Waals surface area contributed by atoms with Crippen molar-refractivity contribution in [2.75, 3.05) is 33.2 Å². The van der Waals surface area contributed by atoms with E-state index in [1.165, 1.54) is 25.9 Å². The highest BCUT2D eigenvalue weighted by molar-refractivity contribution is 5.93. The van der Waals surface area contributed by atoms with Crippen LogP contribution in [-0.4, -0.2) is 75.6 Å². The van der Waals surface area contributed by atoms with Crippen LogP contribution in [0.1, 0.15) is 47.6 Å². The first-order valence-electron chi connectivity index (χ1n) is 10.1. The summed E-state index contributed by atoms with van der Waals surface area (Å²) in [5.41, 5.74) is 3.11. The quantitative estimate of drug-likeness (QED) is 0.890. The lowest BCUT2D eigenvalue weighted by Gasteiger charge is -2.41. The van der Waals surface area contributed by atoms with Crippen LogP contribution in [0.4, 0.5) is 0 Å². The average Bonchev–Trinajstić information content (AvgIpc) is 3.07. The summed E-state index contributed by atoms with van der Waals surface area (Å²) < 4.78 is 1.74. The van der Waals surface area contributed by atoms with E-state index in [1.807, 2.05) is 19.9 Å². The van der Waals surface area contributed by atoms with Crippen LogP contribution in [-0.2, 0) is 0 Å². The van der Waals surface area contributed by atoms with Crippen LogP contribution >= 0.6 is 0 Å². The predicted octanol–water partition coefficient (Wildman–Crippen LogP) is 1.63. The van der Waals surface area contributed by atoms with Crippen LogP contribution in [0, 0.1) is 13.8 Å². The number of rotatable bonds is 3. The van der Waals surface area contributed by atoms with Crippen molar-refractivity contribution in [3.05, 3.63) is 29.2 Å². The van der Waals surface area contributed by atoms with Gasteiger partial charge in [-0.2, -0.15) is 5.10 Å². The lowest BCUT2D eigenvalue weighted by Crippen LogP contribution is -2.53. The zero-order valence-corrected chi connectivity index (χ0v) is 16.6. The number of carbonyl (C=O) groups excluding carboxylic acids is 1. The van der Waals surface area contributed by atoms with E-state index in [0.29, 0.717) is 11.7 Å². The molecule has 7 nitrogen and oxygen atoms in total. The van der Waals surface area contributed by atoms with E-state index in [4.69, 9.17) is 0 Å². The molecule has 1 unspecified atom stereocenters. The fourth-order valence-electron chi connectivity index (χ4n) is 4.47. The SMILES string of the molecule is Cc1cc(C)n2nc(C(=O)NC3CCCN(C4CCN(C)CC4)C3)cc2n1. The average molecular weight is 371 g/mol. The molecule has 2 aromatic heterocycles. The fourth-order valence-corrected chi connectivity index (χ4v) is 4.47. The molecule has 4 rings (SSSR count). The first-order valence-corrected chi connectivity index (χ1v) is 10.1. The van der Waals surface area contributed by atoms with Crippen LogP contribution in [0.2, 0.25) is 0 Å². The molecule has 2 aromatic rings. The topological polar surface area (TPSA) is 65.8 Å². The predicted molar refractivity (Wildman–Crippen MR) is 105 cm³/mol. The summed E-state index contributed by atoms with van der Waals surface area (Å²) >= 11 is 0. The van der Waals surface area contributed by atoms with Crippen LogP contribution in [0.5, 0.6) is 0 Å². The van der Waals surface area contributed by atoms with E-state index in [1.54, 1.807) is 10.6 Å². The van der Waals surface area contributed by atoms with Gasteiger partial charge in [0.15, 0.2) is 11.3 Å². The Morgan fingerprint density at radius 2 is 1.93 bits per heavy atom. The molecule has 0 spiro atoms. The van der Waals surface area contributed by atoms with Gasteiger partial charge in [-0.25, -0.2) is 9.50 Å². The summed E-state index contributed by atoms with van der Waals surface area (Å²) in [6.07, 6.45) is 4.64. The van der Waals surface area contributed by atoms with E-state index in [2.05, 4.69) is 32.2 Å². The largest absolute Gasteiger partial charge is 0.347 e. The van der Waals surface area contributed by atoms with Crippen molar-refractivity contribution in [1.82, 2.24) is 29.7 Å². The Balaban J connectivity index is 1.41. The zero-order valence-electron chi connectivity index (χ0n) is 16.6. The van der Waals surface area contributed by atoms with E-state index in [9.17, 15) is 4.79 Å². The highest BCUT2D eigenvalue weighted by Gasteiger charge is 2.29. The Labute approximate surface area is 160 Å². The summed E-state index contributed by atoms with van der Waals surface area (Å²) in [5.74, 6) is -0.0900. The van der Waals surface area contributed by atoms with Gasteiger partial charge in [0, 0.05) is 36.1 Å². The minimum absolute atomic E-state index is 0.0900. The van der Waals surface area contributed by atoms with Gasteiger partial charge in [-0.15, -0.1) is 0 Å². The number of carbonyl (C=O) groups is 1. The third-order valence-electron chi connectivity index (χ3n) is 5.96. The molecule has 146 valence electrons. The second-order valence-electron chi connectivity index (χ2n) is 8.18. The second kappa shape index (κ2) is 7.56. The number of nitrogens with one attached hydrogen (secondary N) is 1. The molecule has 7 heteroatoms. The van der Waals surface area contributed by atoms with Gasteiger partial charge in [0.05, 0.1) is 0 Å². The number of hydrogen-bond donors (Lipinski definition) is 1. The van der Waals surface area contributed by atoms with Crippen LogP contribution in [0.15, 0.2) is 12.1 Å². The first kappa shape index (κ1) is 18.4. The van der Waals surface area contributed by atoms with Crippen molar-refractivity contribution >= 4 is 11.6 Å². The lowest BCUT2D eigenvalue weighted by atomic mass is 9.98. The molecule has 0 radical (unpaired) electrons. The monoisotopic (exact) mass is 370 g/mol. The summed E-state index contributed by atoms with van der Waals surface area (Å²) in [5, 5.41) is 7.67. The maximum atomic E-state index is 12.8. The number of fused-ring (bicyclic) bond motifs is 1. The molecule has 0 aromatic carbocycles. The molecule has 2 aliphatic heterocycles. The molecular weight excluding hydrogens is 340 g/mol. The van der Waals surface area contributed by atoms with Gasteiger partial charge < -0.3 is 10.2 Å². The number of hydrogen-bond acceptors (Lipinski definition) is 5. The summed E-state index contributed by atoms with van der Waals surface area (Å²) in [6.45, 7) is 8.38. The van der Waals surface area contributed by atoms with E-state index in [0.717, 1.165) is 43.0 Å². The first-order chi connectivity index (χ1) is 13.0. The van der Waals surface area contributed by atoms with Crippen molar-refractivity contribution in [1.29, 1.82) is 0 Å². The number of nitrogens with zero attached hydrogens (tertiary/aromatic N) is 5. The van der Waals surface area contributed by atoms with Crippen molar-refractivity contribution in [3.8, 4) is 0 Å². The molecule has 27 heavy (non-hydrogen) atoms. The molecular formula is C20H30N6O. The van der Waals surface area contributed by atoms with E-state index < -0.39 is 0 Å². The molecule has 0 saturated carbocycles. The van der Waals surface area contributed by atoms with Gasteiger partial charge in [-0.3, -0.25) is 9.69 Å². The highest BCUT2D eigenvalue weighted by Crippen LogP contribution is 2.21. The molecule has 1 amide bonds. The minimum atomic E-state index is -0.0900. The smallest absolute Gasteiger partial charge is 0.272 e. The molecule has 2 saturated heterocycles. The zero-order chi connectivity index (χ0) is 19.0. The lowest BCUT2D eigenvalue weighted by molar-refractivity contribution is 0.0763. The Hall–Kier alpha value is -1.99. The Morgan fingerprint density at radius 1 is 1.15 bits per heavy atom. The Kier molecular flexibility index (Phi) is 5.14. The summed E-state index contributed by atoms with van der Waals surface area (Å²) in [6, 6.07) is 4.62. The number of likely N-dealkylation sites (tertiary alicyclic amines) is 2. The van der Waals surface area contributed by atoms with Crippen molar-refractivity contribution in [2.24, 2.45) is 0 Å². The number of amides is 1. The minimum Gasteiger partial charge on any atom is -0.347 e. The third kappa shape index (κ3) is 3.99. The Morgan fingerprint density at radius 3 is 2.70 bits per heavy atom.